The van der Waals surface area contributed by atoms with E-state index in [4.69, 9.17) is 69.6 Å². The summed E-state index contributed by atoms with van der Waals surface area (Å²) in [5.41, 5.74) is 1.05. The molecule has 1 heterocycles. The Bertz CT molecular complexity index is 817. The molecule has 2 rings (SSSR count). The summed E-state index contributed by atoms with van der Waals surface area (Å²) in [4.78, 5) is 24.5. The fourth-order valence-electron chi connectivity index (χ4n) is 2.56. The van der Waals surface area contributed by atoms with Gasteiger partial charge >= 0.3 is 0 Å². The second-order valence-electron chi connectivity index (χ2n) is 6.55. The number of hydrogen-bond acceptors (Lipinski definition) is 4. The first-order valence-electron chi connectivity index (χ1n) is 9.31. The van der Waals surface area contributed by atoms with Crippen molar-refractivity contribution in [1.29, 1.82) is 0 Å². The number of hydrogen-bond donors (Lipinski definition) is 1. The molecule has 0 aliphatic rings. The van der Waals surface area contributed by atoms with Crippen molar-refractivity contribution in [1.82, 2.24) is 20.3 Å². The van der Waals surface area contributed by atoms with Crippen molar-refractivity contribution in [3.63, 3.8) is 0 Å². The smallest absolute Gasteiger partial charge is 0.251 e. The van der Waals surface area contributed by atoms with Crippen LogP contribution in [0.2, 0.25) is 0 Å². The molecule has 2 aromatic rings. The van der Waals surface area contributed by atoms with Crippen LogP contribution in [0.4, 0.5) is 0 Å². The van der Waals surface area contributed by atoms with Gasteiger partial charge in [-0.15, -0.1) is 0 Å². The van der Waals surface area contributed by atoms with Crippen LogP contribution in [-0.4, -0.2) is 27.4 Å². The highest BCUT2D eigenvalue weighted by Crippen LogP contribution is 2.40. The van der Waals surface area contributed by atoms with Gasteiger partial charge in [-0.1, -0.05) is 114 Å². The van der Waals surface area contributed by atoms with Gasteiger partial charge in [0.15, 0.2) is 17.5 Å². The quantitative estimate of drug-likeness (QED) is 0.297. The molecular weight excluding hydrogens is 513 g/mol. The van der Waals surface area contributed by atoms with Crippen LogP contribution in [0.1, 0.15) is 61.0 Å². The van der Waals surface area contributed by atoms with Crippen LogP contribution < -0.4 is 5.32 Å². The molecule has 0 aliphatic heterocycles. The van der Waals surface area contributed by atoms with Crippen molar-refractivity contribution < 1.29 is 4.79 Å². The van der Waals surface area contributed by atoms with Crippen LogP contribution in [-0.2, 0) is 7.59 Å². The molecule has 0 aliphatic carbocycles. The van der Waals surface area contributed by atoms with Gasteiger partial charge in [-0.3, -0.25) is 4.79 Å². The maximum Gasteiger partial charge on any atom is 0.251 e. The Labute approximate surface area is 205 Å². The van der Waals surface area contributed by atoms with E-state index in [2.05, 4.69) is 27.2 Å². The van der Waals surface area contributed by atoms with Crippen molar-refractivity contribution in [3.8, 4) is 11.4 Å². The number of carbonyl (C=O) groups is 1. The normalized spacial score (nSPS) is 12.1. The lowest BCUT2D eigenvalue weighted by Gasteiger charge is -2.15. The molecule has 1 N–H and O–H groups in total. The minimum absolute atomic E-state index is 0.149. The number of amides is 1. The van der Waals surface area contributed by atoms with Crippen molar-refractivity contribution in [2.75, 3.05) is 6.54 Å². The highest BCUT2D eigenvalue weighted by molar-refractivity contribution is 6.67. The number of nitrogens with zero attached hydrogens (tertiary/aromatic N) is 3. The number of rotatable bonds is 8. The number of alkyl halides is 6. The standard InChI is InChI=1S/C19H20Cl6N4O/c1-2-3-4-5-6-11-26-15(30)13-9-7-12(8-10-13)14-27-16(18(20,21)22)29-17(28-14)19(23,24)25/h7-10H,2-6,11H2,1H3,(H,26,30). The summed E-state index contributed by atoms with van der Waals surface area (Å²) < 4.78 is -3.86. The summed E-state index contributed by atoms with van der Waals surface area (Å²) >= 11 is 35.3. The maximum atomic E-state index is 12.3. The Morgan fingerprint density at radius 3 is 1.87 bits per heavy atom. The van der Waals surface area contributed by atoms with E-state index in [0.29, 0.717) is 17.7 Å². The van der Waals surface area contributed by atoms with E-state index in [1.165, 1.54) is 19.3 Å². The Morgan fingerprint density at radius 2 is 1.37 bits per heavy atom. The number of aromatic nitrogens is 3. The van der Waals surface area contributed by atoms with E-state index in [1.54, 1.807) is 24.3 Å². The number of carbonyl (C=O) groups excluding carboxylic acids is 1. The lowest BCUT2D eigenvalue weighted by molar-refractivity contribution is 0.0953. The summed E-state index contributed by atoms with van der Waals surface area (Å²) in [6.07, 6.45) is 5.63. The minimum Gasteiger partial charge on any atom is -0.352 e. The van der Waals surface area contributed by atoms with Crippen molar-refractivity contribution in [2.45, 2.75) is 46.6 Å². The van der Waals surface area contributed by atoms with Crippen LogP contribution in [0.3, 0.4) is 0 Å². The molecule has 0 saturated heterocycles. The number of halogens is 6. The predicted octanol–water partition coefficient (Wildman–Crippen LogP) is 6.89. The van der Waals surface area contributed by atoms with Gasteiger partial charge in [-0.2, -0.15) is 0 Å². The van der Waals surface area contributed by atoms with Crippen LogP contribution in [0.15, 0.2) is 24.3 Å². The van der Waals surface area contributed by atoms with Crippen molar-refractivity contribution >= 4 is 75.5 Å². The van der Waals surface area contributed by atoms with Gasteiger partial charge in [0, 0.05) is 17.7 Å². The van der Waals surface area contributed by atoms with E-state index in [1.807, 2.05) is 0 Å². The average Bonchev–Trinajstić information content (AvgIpc) is 2.69. The van der Waals surface area contributed by atoms with Crippen molar-refractivity contribution in [3.05, 3.63) is 41.5 Å². The molecule has 5 nitrogen and oxygen atoms in total. The fraction of sp³-hybridized carbons (Fsp3) is 0.474. The zero-order valence-electron chi connectivity index (χ0n) is 16.1. The highest BCUT2D eigenvalue weighted by atomic mass is 35.6. The fourth-order valence-corrected chi connectivity index (χ4v) is 3.07. The Hall–Kier alpha value is -0.560. The Balaban J connectivity index is 2.14. The van der Waals surface area contributed by atoms with E-state index >= 15 is 0 Å². The molecule has 1 amide bonds. The van der Waals surface area contributed by atoms with Crippen LogP contribution in [0.25, 0.3) is 11.4 Å². The molecule has 11 heteroatoms. The first-order valence-corrected chi connectivity index (χ1v) is 11.6. The lowest BCUT2D eigenvalue weighted by atomic mass is 10.1. The molecule has 0 spiro atoms. The second kappa shape index (κ2) is 11.3. The SMILES string of the molecule is CCCCCCCNC(=O)c1ccc(-c2nc(C(Cl)(Cl)Cl)nc(C(Cl)(Cl)Cl)n2)cc1. The lowest BCUT2D eigenvalue weighted by Crippen LogP contribution is -2.24. The van der Waals surface area contributed by atoms with Gasteiger partial charge in [-0.25, -0.2) is 15.0 Å². The Kier molecular flexibility index (Phi) is 9.72. The first kappa shape index (κ1) is 25.7. The molecule has 0 bridgehead atoms. The molecule has 164 valence electrons. The van der Waals surface area contributed by atoms with Gasteiger partial charge in [0.1, 0.15) is 0 Å². The van der Waals surface area contributed by atoms with E-state index in [0.717, 1.165) is 12.8 Å². The molecule has 1 aromatic heterocycles. The molecule has 30 heavy (non-hydrogen) atoms. The predicted molar refractivity (Wildman–Crippen MR) is 125 cm³/mol. The number of benzene rings is 1. The number of nitrogens with one attached hydrogen (secondary N) is 1. The maximum absolute atomic E-state index is 12.3. The minimum atomic E-state index is -1.93. The molecule has 1 aromatic carbocycles. The average molecular weight is 533 g/mol. The highest BCUT2D eigenvalue weighted by Gasteiger charge is 2.34. The monoisotopic (exact) mass is 530 g/mol. The third kappa shape index (κ3) is 7.85. The molecule has 0 saturated carbocycles. The second-order valence-corrected chi connectivity index (χ2v) is 11.1. The van der Waals surface area contributed by atoms with Gasteiger partial charge in [0.05, 0.1) is 0 Å². The molecule has 0 unspecified atom stereocenters. The van der Waals surface area contributed by atoms with Gasteiger partial charge in [-0.05, 0) is 18.6 Å². The summed E-state index contributed by atoms with van der Waals surface area (Å²) in [5, 5.41) is 2.91. The topological polar surface area (TPSA) is 67.8 Å². The molecule has 0 radical (unpaired) electrons. The van der Waals surface area contributed by atoms with Crippen LogP contribution in [0, 0.1) is 0 Å². The third-order valence-corrected chi connectivity index (χ3v) is 5.13. The van der Waals surface area contributed by atoms with E-state index < -0.39 is 7.59 Å². The van der Waals surface area contributed by atoms with Gasteiger partial charge in [0.25, 0.3) is 5.91 Å². The molecule has 0 fully saturated rings. The Morgan fingerprint density at radius 1 is 0.833 bits per heavy atom. The summed E-state index contributed by atoms with van der Waals surface area (Å²) in [5.74, 6) is -0.361. The molecular formula is C19H20Cl6N4O. The van der Waals surface area contributed by atoms with Crippen LogP contribution in [0.5, 0.6) is 0 Å². The number of unbranched alkanes of at least 4 members (excludes halogenated alkanes) is 4. The summed E-state index contributed by atoms with van der Waals surface area (Å²) in [6.45, 7) is 2.80. The zero-order valence-corrected chi connectivity index (χ0v) is 20.6. The van der Waals surface area contributed by atoms with Gasteiger partial charge in [0.2, 0.25) is 7.59 Å². The molecule has 0 atom stereocenters. The summed E-state index contributed by atoms with van der Waals surface area (Å²) in [6, 6.07) is 6.62. The summed E-state index contributed by atoms with van der Waals surface area (Å²) in [7, 11) is 0. The largest absolute Gasteiger partial charge is 0.352 e. The van der Waals surface area contributed by atoms with E-state index in [-0.39, 0.29) is 23.4 Å². The first-order chi connectivity index (χ1) is 14.0. The third-order valence-electron chi connectivity index (χ3n) is 4.11. The van der Waals surface area contributed by atoms with E-state index in [9.17, 15) is 4.79 Å². The van der Waals surface area contributed by atoms with Crippen LogP contribution >= 0.6 is 69.6 Å². The van der Waals surface area contributed by atoms with Crippen molar-refractivity contribution in [2.24, 2.45) is 0 Å². The van der Waals surface area contributed by atoms with Gasteiger partial charge < -0.3 is 5.32 Å². The zero-order chi connectivity index (χ0) is 22.4.